The number of rotatable bonds is 6. The predicted molar refractivity (Wildman–Crippen MR) is 69.8 cm³/mol. The molecule has 1 aliphatic heterocycles. The number of carbonyl (C=O) groups is 4. The summed E-state index contributed by atoms with van der Waals surface area (Å²) in [6, 6.07) is 0. The van der Waals surface area contributed by atoms with E-state index in [1.54, 1.807) is 6.92 Å². The van der Waals surface area contributed by atoms with Crippen molar-refractivity contribution in [1.29, 1.82) is 0 Å². The number of Topliss-reactive ketones (excluding diaryl/α,β-unsaturated/α-hetero) is 2. The van der Waals surface area contributed by atoms with Crippen LogP contribution in [-0.4, -0.2) is 35.9 Å². The van der Waals surface area contributed by atoms with E-state index in [0.29, 0.717) is 0 Å². The van der Waals surface area contributed by atoms with Crippen LogP contribution in [0.15, 0.2) is 11.8 Å². The third-order valence-electron chi connectivity index (χ3n) is 2.60. The van der Waals surface area contributed by atoms with Crippen LogP contribution in [0.3, 0.4) is 0 Å². The van der Waals surface area contributed by atoms with Crippen molar-refractivity contribution in [3.63, 3.8) is 0 Å². The molecule has 0 aliphatic carbocycles. The van der Waals surface area contributed by atoms with Crippen LogP contribution in [0.2, 0.25) is 0 Å². The Morgan fingerprint density at radius 2 is 1.90 bits per heavy atom. The van der Waals surface area contributed by atoms with E-state index in [1.807, 2.05) is 0 Å². The van der Waals surface area contributed by atoms with Crippen molar-refractivity contribution in [2.24, 2.45) is 5.92 Å². The van der Waals surface area contributed by atoms with Gasteiger partial charge >= 0.3 is 11.9 Å². The lowest BCUT2D eigenvalue weighted by molar-refractivity contribution is -0.205. The number of cyclic esters (lactones) is 1. The van der Waals surface area contributed by atoms with E-state index in [4.69, 9.17) is 14.2 Å². The normalized spacial score (nSPS) is 17.9. The number of ether oxygens (including phenoxy) is 3. The van der Waals surface area contributed by atoms with Gasteiger partial charge in [-0.3, -0.25) is 14.4 Å². The van der Waals surface area contributed by atoms with Crippen LogP contribution >= 0.6 is 0 Å². The molecule has 7 nitrogen and oxygen atoms in total. The topological polar surface area (TPSA) is 96.0 Å². The lowest BCUT2D eigenvalue weighted by atomic mass is 9.96. The number of carbonyl (C=O) groups excluding carboxylic acids is 4. The maximum absolute atomic E-state index is 12.1. The average Bonchev–Trinajstić information content (AvgIpc) is 2.24. The summed E-state index contributed by atoms with van der Waals surface area (Å²) in [6.07, 6.45) is 0.660. The highest BCUT2D eigenvalue weighted by atomic mass is 16.7. The number of hydrogen-bond donors (Lipinski definition) is 0. The Morgan fingerprint density at radius 3 is 2.38 bits per heavy atom. The molecule has 116 valence electrons. The molecule has 1 unspecified atom stereocenters. The Balaban J connectivity index is 2.85. The fraction of sp³-hybridized carbons (Fsp3) is 0.571. The zero-order valence-corrected chi connectivity index (χ0v) is 12.4. The number of esters is 2. The van der Waals surface area contributed by atoms with E-state index >= 15 is 0 Å². The number of hydrogen-bond acceptors (Lipinski definition) is 7. The van der Waals surface area contributed by atoms with Gasteiger partial charge in [0.05, 0.1) is 19.1 Å². The first-order chi connectivity index (χ1) is 9.66. The van der Waals surface area contributed by atoms with E-state index in [-0.39, 0.29) is 18.8 Å². The molecule has 0 bridgehead atoms. The maximum Gasteiger partial charge on any atom is 0.337 e. The highest BCUT2D eigenvalue weighted by molar-refractivity contribution is 6.17. The smallest absolute Gasteiger partial charge is 0.337 e. The van der Waals surface area contributed by atoms with Gasteiger partial charge in [0.15, 0.2) is 17.5 Å². The SMILES string of the molecule is CCOC(=O)C(C(C)=O)C(=O)CC1=CC(=O)OC(C)(C)O1. The van der Waals surface area contributed by atoms with Gasteiger partial charge in [-0.2, -0.15) is 0 Å². The third kappa shape index (κ3) is 4.70. The fourth-order valence-corrected chi connectivity index (χ4v) is 1.88. The fourth-order valence-electron chi connectivity index (χ4n) is 1.88. The molecular weight excluding hydrogens is 280 g/mol. The summed E-state index contributed by atoms with van der Waals surface area (Å²) in [7, 11) is 0. The quantitative estimate of drug-likeness (QED) is 0.531. The second-order valence-corrected chi connectivity index (χ2v) is 4.97. The summed E-state index contributed by atoms with van der Waals surface area (Å²) in [5.41, 5.74) is 0. The van der Waals surface area contributed by atoms with E-state index in [0.717, 1.165) is 13.0 Å². The first-order valence-electron chi connectivity index (χ1n) is 6.48. The zero-order chi connectivity index (χ0) is 16.2. The van der Waals surface area contributed by atoms with Crippen LogP contribution in [0.1, 0.15) is 34.1 Å². The second kappa shape index (κ2) is 6.51. The highest BCUT2D eigenvalue weighted by Crippen LogP contribution is 2.25. The first kappa shape index (κ1) is 16.9. The largest absolute Gasteiger partial charge is 0.465 e. The van der Waals surface area contributed by atoms with E-state index < -0.39 is 35.2 Å². The van der Waals surface area contributed by atoms with Gasteiger partial charge in [0, 0.05) is 13.8 Å². The molecule has 0 aromatic heterocycles. The molecule has 0 radical (unpaired) electrons. The summed E-state index contributed by atoms with van der Waals surface area (Å²) in [5, 5.41) is 0. The summed E-state index contributed by atoms with van der Waals surface area (Å²) >= 11 is 0. The molecule has 0 aromatic carbocycles. The van der Waals surface area contributed by atoms with Crippen LogP contribution in [-0.2, 0) is 33.4 Å². The minimum Gasteiger partial charge on any atom is -0.465 e. The molecule has 0 saturated heterocycles. The summed E-state index contributed by atoms with van der Waals surface area (Å²) in [5.74, 6) is -5.49. The summed E-state index contributed by atoms with van der Waals surface area (Å²) in [4.78, 5) is 46.6. The van der Waals surface area contributed by atoms with Crippen molar-refractivity contribution in [3.8, 4) is 0 Å². The van der Waals surface area contributed by atoms with Crippen molar-refractivity contribution >= 4 is 23.5 Å². The van der Waals surface area contributed by atoms with Crippen molar-refractivity contribution < 1.29 is 33.4 Å². The standard InChI is InChI=1S/C14H18O7/c1-5-19-13(18)12(8(2)15)10(16)6-9-7-11(17)21-14(3,4)20-9/h7,12H,5-6H2,1-4H3. The molecule has 1 aliphatic rings. The third-order valence-corrected chi connectivity index (χ3v) is 2.60. The second-order valence-electron chi connectivity index (χ2n) is 4.97. The van der Waals surface area contributed by atoms with Crippen LogP contribution in [0.25, 0.3) is 0 Å². The molecule has 1 rings (SSSR count). The van der Waals surface area contributed by atoms with E-state index in [2.05, 4.69) is 0 Å². The predicted octanol–water partition coefficient (Wildman–Crippen LogP) is 0.907. The molecule has 21 heavy (non-hydrogen) atoms. The molecule has 0 amide bonds. The Morgan fingerprint density at radius 1 is 1.29 bits per heavy atom. The number of ketones is 2. The molecule has 1 heterocycles. The van der Waals surface area contributed by atoms with Gasteiger partial charge in [-0.1, -0.05) is 0 Å². The van der Waals surface area contributed by atoms with Gasteiger partial charge in [0.2, 0.25) is 5.79 Å². The lowest BCUT2D eigenvalue weighted by Crippen LogP contribution is -2.37. The van der Waals surface area contributed by atoms with Gasteiger partial charge < -0.3 is 14.2 Å². The Kier molecular flexibility index (Phi) is 5.23. The Labute approximate surface area is 122 Å². The Bertz CT molecular complexity index is 501. The van der Waals surface area contributed by atoms with Crippen molar-refractivity contribution in [3.05, 3.63) is 11.8 Å². The van der Waals surface area contributed by atoms with Crippen LogP contribution < -0.4 is 0 Å². The minimum atomic E-state index is -1.50. The van der Waals surface area contributed by atoms with E-state index in [1.165, 1.54) is 13.8 Å². The molecule has 0 spiro atoms. The molecule has 0 N–H and O–H groups in total. The monoisotopic (exact) mass is 298 g/mol. The van der Waals surface area contributed by atoms with Gasteiger partial charge in [-0.25, -0.2) is 4.79 Å². The van der Waals surface area contributed by atoms with Crippen molar-refractivity contribution in [1.82, 2.24) is 0 Å². The molecular formula is C14H18O7. The van der Waals surface area contributed by atoms with Crippen molar-refractivity contribution in [2.75, 3.05) is 6.61 Å². The molecule has 7 heteroatoms. The van der Waals surface area contributed by atoms with Crippen LogP contribution in [0.4, 0.5) is 0 Å². The van der Waals surface area contributed by atoms with Crippen LogP contribution in [0.5, 0.6) is 0 Å². The van der Waals surface area contributed by atoms with E-state index in [9.17, 15) is 19.2 Å². The van der Waals surface area contributed by atoms with Gasteiger partial charge in [0.25, 0.3) is 0 Å². The number of allylic oxidation sites excluding steroid dienone is 1. The van der Waals surface area contributed by atoms with Gasteiger partial charge in [0.1, 0.15) is 5.76 Å². The van der Waals surface area contributed by atoms with Crippen LogP contribution in [0, 0.1) is 5.92 Å². The molecule has 0 fully saturated rings. The van der Waals surface area contributed by atoms with Gasteiger partial charge in [-0.05, 0) is 13.8 Å². The molecule has 0 saturated carbocycles. The van der Waals surface area contributed by atoms with Gasteiger partial charge in [-0.15, -0.1) is 0 Å². The average molecular weight is 298 g/mol. The lowest BCUT2D eigenvalue weighted by Gasteiger charge is -2.30. The molecule has 1 atom stereocenters. The zero-order valence-electron chi connectivity index (χ0n) is 12.4. The summed E-state index contributed by atoms with van der Waals surface area (Å²) in [6.45, 7) is 5.79. The summed E-state index contributed by atoms with van der Waals surface area (Å²) < 4.78 is 14.9. The maximum atomic E-state index is 12.1. The minimum absolute atomic E-state index is 0.0526. The molecule has 0 aromatic rings. The van der Waals surface area contributed by atoms with Crippen molar-refractivity contribution in [2.45, 2.75) is 39.9 Å². The highest BCUT2D eigenvalue weighted by Gasteiger charge is 2.36. The Hall–Kier alpha value is -2.18. The first-order valence-corrected chi connectivity index (χ1v) is 6.48.